The van der Waals surface area contributed by atoms with E-state index in [2.05, 4.69) is 0 Å². The van der Waals surface area contributed by atoms with E-state index in [0.717, 1.165) is 12.8 Å². The summed E-state index contributed by atoms with van der Waals surface area (Å²) in [6, 6.07) is 0. The van der Waals surface area contributed by atoms with Gasteiger partial charge >= 0.3 is 0 Å². The van der Waals surface area contributed by atoms with Gasteiger partial charge in [0, 0.05) is 12.8 Å². The smallest absolute Gasteiger partial charge is 0.0863 e. The largest absolute Gasteiger partial charge is 0.393 e. The van der Waals surface area contributed by atoms with Crippen molar-refractivity contribution in [1.29, 1.82) is 0 Å². The second-order valence-corrected chi connectivity index (χ2v) is 2.94. The highest BCUT2D eigenvalue weighted by Gasteiger charge is 2.36. The van der Waals surface area contributed by atoms with Gasteiger partial charge in [-0.15, -0.1) is 0 Å². The molecule has 0 radical (unpaired) electrons. The lowest BCUT2D eigenvalue weighted by Crippen LogP contribution is -2.33. The Morgan fingerprint density at radius 2 is 1.50 bits per heavy atom. The molecule has 1 N–H and O–H groups in total. The summed E-state index contributed by atoms with van der Waals surface area (Å²) >= 11 is 0. The van der Waals surface area contributed by atoms with Crippen molar-refractivity contribution in [1.82, 2.24) is 0 Å². The van der Waals surface area contributed by atoms with E-state index >= 15 is 0 Å². The van der Waals surface area contributed by atoms with Crippen LogP contribution < -0.4 is 0 Å². The maximum atomic E-state index is 9.20. The molecule has 0 aromatic rings. The van der Waals surface area contributed by atoms with E-state index in [1.165, 1.54) is 0 Å². The highest BCUT2D eigenvalue weighted by atomic mass is 16.6. The van der Waals surface area contributed by atoms with Gasteiger partial charge < -0.3 is 14.6 Å². The van der Waals surface area contributed by atoms with Crippen molar-refractivity contribution in [3.63, 3.8) is 0 Å². The summed E-state index contributed by atoms with van der Waals surface area (Å²) in [6.07, 6.45) is 1.65. The van der Waals surface area contributed by atoms with Gasteiger partial charge in [0.05, 0.1) is 31.5 Å². The first-order valence-electron chi connectivity index (χ1n) is 3.77. The minimum Gasteiger partial charge on any atom is -0.393 e. The molecule has 0 aromatic carbocycles. The van der Waals surface area contributed by atoms with Crippen LogP contribution in [-0.2, 0) is 9.47 Å². The molecule has 0 spiro atoms. The summed E-state index contributed by atoms with van der Waals surface area (Å²) in [7, 11) is 0. The molecule has 3 heteroatoms. The lowest BCUT2D eigenvalue weighted by atomic mass is 10.2. The SMILES string of the molecule is O[C@@H]1C[C@@H]2OCCO[C@@H]2C1. The Kier molecular flexibility index (Phi) is 1.64. The highest BCUT2D eigenvalue weighted by molar-refractivity contribution is 4.86. The minimum atomic E-state index is -0.201. The van der Waals surface area contributed by atoms with Gasteiger partial charge in [-0.05, 0) is 0 Å². The van der Waals surface area contributed by atoms with Crippen LogP contribution in [0, 0.1) is 0 Å². The van der Waals surface area contributed by atoms with Gasteiger partial charge in [0.15, 0.2) is 0 Å². The van der Waals surface area contributed by atoms with Crippen molar-refractivity contribution in [3.05, 3.63) is 0 Å². The van der Waals surface area contributed by atoms with E-state index in [1.54, 1.807) is 0 Å². The Morgan fingerprint density at radius 3 is 2.00 bits per heavy atom. The summed E-state index contributed by atoms with van der Waals surface area (Å²) in [5.41, 5.74) is 0. The number of fused-ring (bicyclic) bond motifs is 1. The van der Waals surface area contributed by atoms with Gasteiger partial charge in [-0.2, -0.15) is 0 Å². The molecule has 0 amide bonds. The summed E-state index contributed by atoms with van der Waals surface area (Å²) < 4.78 is 10.8. The van der Waals surface area contributed by atoms with E-state index < -0.39 is 0 Å². The molecular weight excluding hydrogens is 132 g/mol. The van der Waals surface area contributed by atoms with Crippen LogP contribution in [0.1, 0.15) is 12.8 Å². The van der Waals surface area contributed by atoms with Crippen LogP contribution in [0.15, 0.2) is 0 Å². The maximum absolute atomic E-state index is 9.20. The molecule has 1 aliphatic heterocycles. The first-order valence-corrected chi connectivity index (χ1v) is 3.77. The van der Waals surface area contributed by atoms with Crippen LogP contribution in [0.3, 0.4) is 0 Å². The number of hydrogen-bond acceptors (Lipinski definition) is 3. The van der Waals surface area contributed by atoms with Crippen LogP contribution >= 0.6 is 0 Å². The molecule has 2 aliphatic rings. The predicted molar refractivity (Wildman–Crippen MR) is 34.7 cm³/mol. The molecule has 2 rings (SSSR count). The fraction of sp³-hybridized carbons (Fsp3) is 1.00. The fourth-order valence-electron chi connectivity index (χ4n) is 1.69. The van der Waals surface area contributed by atoms with Crippen LogP contribution in [0.2, 0.25) is 0 Å². The van der Waals surface area contributed by atoms with E-state index in [9.17, 15) is 5.11 Å². The van der Waals surface area contributed by atoms with Gasteiger partial charge in [-0.25, -0.2) is 0 Å². The van der Waals surface area contributed by atoms with E-state index in [1.807, 2.05) is 0 Å². The average molecular weight is 144 g/mol. The van der Waals surface area contributed by atoms with Crippen LogP contribution in [0.25, 0.3) is 0 Å². The predicted octanol–water partition coefficient (Wildman–Crippen LogP) is -0.0749. The Labute approximate surface area is 59.9 Å². The Morgan fingerprint density at radius 1 is 1.00 bits per heavy atom. The van der Waals surface area contributed by atoms with Crippen molar-refractivity contribution in [2.45, 2.75) is 31.2 Å². The first-order chi connectivity index (χ1) is 4.86. The molecule has 58 valence electrons. The second-order valence-electron chi connectivity index (χ2n) is 2.94. The Bertz CT molecular complexity index is 112. The van der Waals surface area contributed by atoms with Crippen molar-refractivity contribution in [3.8, 4) is 0 Å². The summed E-state index contributed by atoms with van der Waals surface area (Å²) in [6.45, 7) is 1.38. The number of ether oxygens (including phenoxy) is 2. The maximum Gasteiger partial charge on any atom is 0.0863 e. The molecule has 1 heterocycles. The number of hydrogen-bond donors (Lipinski definition) is 1. The Balaban J connectivity index is 1.97. The van der Waals surface area contributed by atoms with Gasteiger partial charge in [-0.1, -0.05) is 0 Å². The lowest BCUT2D eigenvalue weighted by Gasteiger charge is -2.25. The zero-order valence-corrected chi connectivity index (χ0v) is 5.82. The zero-order chi connectivity index (χ0) is 6.97. The molecule has 2 fully saturated rings. The first kappa shape index (κ1) is 6.58. The number of aliphatic hydroxyl groups excluding tert-OH is 1. The molecule has 0 bridgehead atoms. The van der Waals surface area contributed by atoms with Gasteiger partial charge in [-0.3, -0.25) is 0 Å². The quantitative estimate of drug-likeness (QED) is 0.517. The third-order valence-electron chi connectivity index (χ3n) is 2.17. The Hall–Kier alpha value is -0.120. The molecular formula is C7H12O3. The van der Waals surface area contributed by atoms with Crippen LogP contribution in [0.4, 0.5) is 0 Å². The van der Waals surface area contributed by atoms with Gasteiger partial charge in [0.25, 0.3) is 0 Å². The van der Waals surface area contributed by atoms with Gasteiger partial charge in [0.1, 0.15) is 0 Å². The van der Waals surface area contributed by atoms with E-state index in [-0.39, 0.29) is 18.3 Å². The molecule has 10 heavy (non-hydrogen) atoms. The van der Waals surface area contributed by atoms with Crippen molar-refractivity contribution in [2.24, 2.45) is 0 Å². The summed E-state index contributed by atoms with van der Waals surface area (Å²) in [5, 5.41) is 9.20. The van der Waals surface area contributed by atoms with Crippen LogP contribution in [-0.4, -0.2) is 36.6 Å². The molecule has 3 atom stereocenters. The van der Waals surface area contributed by atoms with Crippen LogP contribution in [0.5, 0.6) is 0 Å². The normalized spacial score (nSPS) is 47.1. The minimum absolute atomic E-state index is 0.170. The average Bonchev–Trinajstić information content (AvgIpc) is 2.27. The third-order valence-corrected chi connectivity index (χ3v) is 2.17. The zero-order valence-electron chi connectivity index (χ0n) is 5.82. The highest BCUT2D eigenvalue weighted by Crippen LogP contribution is 2.27. The topological polar surface area (TPSA) is 38.7 Å². The molecule has 1 saturated carbocycles. The molecule has 3 nitrogen and oxygen atoms in total. The van der Waals surface area contributed by atoms with Crippen molar-refractivity contribution in [2.75, 3.05) is 13.2 Å². The second kappa shape index (κ2) is 2.49. The summed E-state index contributed by atoms with van der Waals surface area (Å²) in [4.78, 5) is 0. The fourth-order valence-corrected chi connectivity index (χ4v) is 1.69. The number of aliphatic hydroxyl groups is 1. The summed E-state index contributed by atoms with van der Waals surface area (Å²) in [5.74, 6) is 0. The monoisotopic (exact) mass is 144 g/mol. The molecule has 1 saturated heterocycles. The van der Waals surface area contributed by atoms with Gasteiger partial charge in [0.2, 0.25) is 0 Å². The number of rotatable bonds is 0. The lowest BCUT2D eigenvalue weighted by molar-refractivity contribution is -0.124. The van der Waals surface area contributed by atoms with Crippen molar-refractivity contribution >= 4 is 0 Å². The van der Waals surface area contributed by atoms with Crippen molar-refractivity contribution < 1.29 is 14.6 Å². The molecule has 0 unspecified atom stereocenters. The van der Waals surface area contributed by atoms with E-state index in [0.29, 0.717) is 13.2 Å². The standard InChI is InChI=1S/C7H12O3/c8-5-3-6-7(4-5)10-2-1-9-6/h5-8H,1-4H2/t5-,6+,7-. The van der Waals surface area contributed by atoms with E-state index in [4.69, 9.17) is 9.47 Å². The third kappa shape index (κ3) is 1.05. The molecule has 0 aromatic heterocycles. The molecule has 1 aliphatic carbocycles.